The van der Waals surface area contributed by atoms with E-state index in [0.29, 0.717) is 0 Å². The molecule has 0 heterocycles. The average molecular weight is 208 g/mol. The second kappa shape index (κ2) is 13.0. The SMILES string of the molecule is C=C(C)C(C(=C)C)=C(C)C.C=CC.CC. The van der Waals surface area contributed by atoms with Gasteiger partial charge in [-0.1, -0.05) is 49.8 Å². The smallest absolute Gasteiger partial charge is 0.0223 e. The lowest BCUT2D eigenvalue weighted by atomic mass is 9.98. The van der Waals surface area contributed by atoms with Crippen LogP contribution in [-0.4, -0.2) is 0 Å². The first kappa shape index (κ1) is 19.5. The van der Waals surface area contributed by atoms with E-state index in [4.69, 9.17) is 0 Å². The maximum absolute atomic E-state index is 3.88. The van der Waals surface area contributed by atoms with Gasteiger partial charge >= 0.3 is 0 Å². The predicted molar refractivity (Wildman–Crippen MR) is 75.2 cm³/mol. The van der Waals surface area contributed by atoms with Crippen LogP contribution in [0.15, 0.2) is 48.1 Å². The van der Waals surface area contributed by atoms with E-state index in [9.17, 15) is 0 Å². The Morgan fingerprint density at radius 2 is 1.07 bits per heavy atom. The number of rotatable bonds is 2. The van der Waals surface area contributed by atoms with Crippen molar-refractivity contribution >= 4 is 0 Å². The van der Waals surface area contributed by atoms with Gasteiger partial charge in [0.15, 0.2) is 0 Å². The highest BCUT2D eigenvalue weighted by molar-refractivity contribution is 5.44. The van der Waals surface area contributed by atoms with Crippen LogP contribution >= 0.6 is 0 Å². The summed E-state index contributed by atoms with van der Waals surface area (Å²) in [6.45, 7) is 25.2. The summed E-state index contributed by atoms with van der Waals surface area (Å²) in [7, 11) is 0. The molecule has 0 bridgehead atoms. The molecule has 0 amide bonds. The Morgan fingerprint density at radius 3 is 1.07 bits per heavy atom. The second-order valence-electron chi connectivity index (χ2n) is 3.34. The van der Waals surface area contributed by atoms with Crippen LogP contribution in [0.3, 0.4) is 0 Å². The molecule has 0 aromatic rings. The van der Waals surface area contributed by atoms with Gasteiger partial charge < -0.3 is 0 Å². The van der Waals surface area contributed by atoms with Crippen LogP contribution in [0.1, 0.15) is 48.5 Å². The van der Waals surface area contributed by atoms with E-state index in [1.165, 1.54) is 11.1 Å². The molecule has 0 aromatic heterocycles. The van der Waals surface area contributed by atoms with E-state index in [-0.39, 0.29) is 0 Å². The van der Waals surface area contributed by atoms with Gasteiger partial charge in [0.1, 0.15) is 0 Å². The molecule has 0 nitrogen and oxygen atoms in total. The van der Waals surface area contributed by atoms with Crippen molar-refractivity contribution < 1.29 is 0 Å². The van der Waals surface area contributed by atoms with Gasteiger partial charge in [0.2, 0.25) is 0 Å². The molecule has 0 rings (SSSR count). The molecule has 0 aliphatic carbocycles. The summed E-state index contributed by atoms with van der Waals surface area (Å²) in [6.07, 6.45) is 1.75. The van der Waals surface area contributed by atoms with Crippen molar-refractivity contribution in [1.29, 1.82) is 0 Å². The van der Waals surface area contributed by atoms with Gasteiger partial charge in [0.25, 0.3) is 0 Å². The molecule has 0 spiro atoms. The molecule has 0 heteroatoms. The lowest BCUT2D eigenvalue weighted by Crippen LogP contribution is -1.87. The van der Waals surface area contributed by atoms with E-state index >= 15 is 0 Å². The lowest BCUT2D eigenvalue weighted by Gasteiger charge is -2.07. The molecule has 0 saturated carbocycles. The minimum Gasteiger partial charge on any atom is -0.103 e. The highest BCUT2D eigenvalue weighted by Gasteiger charge is 1.99. The molecule has 0 radical (unpaired) electrons. The second-order valence-corrected chi connectivity index (χ2v) is 3.34. The Bertz CT molecular complexity index is 206. The van der Waals surface area contributed by atoms with Gasteiger partial charge in [0, 0.05) is 0 Å². The zero-order chi connectivity index (χ0) is 13.0. The van der Waals surface area contributed by atoms with Gasteiger partial charge in [-0.3, -0.25) is 0 Å². The van der Waals surface area contributed by atoms with Crippen LogP contribution in [0.5, 0.6) is 0 Å². The van der Waals surface area contributed by atoms with Crippen molar-refractivity contribution in [2.75, 3.05) is 0 Å². The molecule has 0 saturated heterocycles. The lowest BCUT2D eigenvalue weighted by molar-refractivity contribution is 1.23. The van der Waals surface area contributed by atoms with Crippen LogP contribution in [0, 0.1) is 0 Å². The highest BCUT2D eigenvalue weighted by Crippen LogP contribution is 2.19. The van der Waals surface area contributed by atoms with E-state index in [1.54, 1.807) is 6.08 Å². The van der Waals surface area contributed by atoms with E-state index in [1.807, 2.05) is 34.6 Å². The van der Waals surface area contributed by atoms with Crippen molar-refractivity contribution in [3.05, 3.63) is 48.1 Å². The van der Waals surface area contributed by atoms with Crippen molar-refractivity contribution in [2.24, 2.45) is 0 Å². The minimum atomic E-state index is 1.10. The molecular formula is C15H28. The fourth-order valence-corrected chi connectivity index (χ4v) is 1.22. The summed E-state index contributed by atoms with van der Waals surface area (Å²) < 4.78 is 0. The third-order valence-electron chi connectivity index (χ3n) is 1.35. The predicted octanol–water partition coefficient (Wildman–Crippen LogP) is 5.69. The summed E-state index contributed by atoms with van der Waals surface area (Å²) in [4.78, 5) is 0. The highest BCUT2D eigenvalue weighted by atomic mass is 14.0. The maximum Gasteiger partial charge on any atom is -0.0223 e. The van der Waals surface area contributed by atoms with Crippen molar-refractivity contribution in [2.45, 2.75) is 48.5 Å². The molecule has 0 aliphatic heterocycles. The number of hydrogen-bond acceptors (Lipinski definition) is 0. The molecule has 0 aromatic carbocycles. The molecule has 0 fully saturated rings. The first-order chi connectivity index (χ1) is 6.88. The van der Waals surface area contributed by atoms with Crippen LogP contribution < -0.4 is 0 Å². The molecule has 0 atom stereocenters. The van der Waals surface area contributed by atoms with Crippen LogP contribution in [0.25, 0.3) is 0 Å². The zero-order valence-electron chi connectivity index (χ0n) is 11.7. The number of hydrogen-bond donors (Lipinski definition) is 0. The van der Waals surface area contributed by atoms with Gasteiger partial charge in [-0.2, -0.15) is 0 Å². The van der Waals surface area contributed by atoms with Gasteiger partial charge in [-0.25, -0.2) is 0 Å². The third-order valence-corrected chi connectivity index (χ3v) is 1.35. The Morgan fingerprint density at radius 1 is 0.867 bits per heavy atom. The summed E-state index contributed by atoms with van der Waals surface area (Å²) in [6, 6.07) is 0. The maximum atomic E-state index is 3.88. The van der Waals surface area contributed by atoms with Gasteiger partial charge in [-0.15, -0.1) is 6.58 Å². The average Bonchev–Trinajstić information content (AvgIpc) is 2.06. The molecule has 0 unspecified atom stereocenters. The summed E-state index contributed by atoms with van der Waals surface area (Å²) in [5.74, 6) is 0. The van der Waals surface area contributed by atoms with Crippen LogP contribution in [0.2, 0.25) is 0 Å². The Labute approximate surface area is 97.1 Å². The molecule has 0 N–H and O–H groups in total. The van der Waals surface area contributed by atoms with Gasteiger partial charge in [0.05, 0.1) is 0 Å². The van der Waals surface area contributed by atoms with Crippen LogP contribution in [-0.2, 0) is 0 Å². The fraction of sp³-hybridized carbons (Fsp3) is 0.467. The Hall–Kier alpha value is -1.04. The van der Waals surface area contributed by atoms with Crippen molar-refractivity contribution in [3.63, 3.8) is 0 Å². The Kier molecular flexibility index (Phi) is 16.9. The first-order valence-electron chi connectivity index (χ1n) is 5.44. The van der Waals surface area contributed by atoms with E-state index < -0.39 is 0 Å². The fourth-order valence-electron chi connectivity index (χ4n) is 1.22. The molecule has 0 aliphatic rings. The van der Waals surface area contributed by atoms with Crippen molar-refractivity contribution in [3.8, 4) is 0 Å². The topological polar surface area (TPSA) is 0 Å². The van der Waals surface area contributed by atoms with Crippen molar-refractivity contribution in [1.82, 2.24) is 0 Å². The van der Waals surface area contributed by atoms with E-state index in [2.05, 4.69) is 33.6 Å². The van der Waals surface area contributed by atoms with Crippen LogP contribution in [0.4, 0.5) is 0 Å². The third kappa shape index (κ3) is 13.0. The zero-order valence-corrected chi connectivity index (χ0v) is 11.7. The first-order valence-corrected chi connectivity index (χ1v) is 5.44. The molecule has 88 valence electrons. The summed E-state index contributed by atoms with van der Waals surface area (Å²) >= 11 is 0. The monoisotopic (exact) mass is 208 g/mol. The van der Waals surface area contributed by atoms with E-state index in [0.717, 1.165) is 11.1 Å². The molecular weight excluding hydrogens is 180 g/mol. The minimum absolute atomic E-state index is 1.10. The summed E-state index contributed by atoms with van der Waals surface area (Å²) in [5.41, 5.74) is 4.72. The normalized spacial score (nSPS) is 7.13. The molecule has 15 heavy (non-hydrogen) atoms. The summed E-state index contributed by atoms with van der Waals surface area (Å²) in [5, 5.41) is 0. The Balaban J connectivity index is -0.000000245. The largest absolute Gasteiger partial charge is 0.103 e. The quantitative estimate of drug-likeness (QED) is 0.404. The standard InChI is InChI=1S/C10H16.C3H6.C2H6/c1-7(2)10(8(3)4)9(5)6;1-3-2;1-2/h1,3H2,2,4-6H3;3H,1H2,2H3;1-2H3. The van der Waals surface area contributed by atoms with Gasteiger partial charge in [-0.05, 0) is 40.2 Å². The number of allylic oxidation sites excluding steroid dienone is 5.